The molecule has 0 unspecified atom stereocenters. The lowest BCUT2D eigenvalue weighted by atomic mass is 10.3. The number of aliphatic hydroxyl groups excluding tert-OH is 1. The largest absolute Gasteiger partial charge is 0.395 e. The molecule has 1 N–H and O–H groups in total. The molecule has 0 saturated carbocycles. The first kappa shape index (κ1) is 16.8. The first-order chi connectivity index (χ1) is 8.93. The van der Waals surface area contributed by atoms with Gasteiger partial charge in [-0.2, -0.15) is 4.31 Å². The van der Waals surface area contributed by atoms with Crippen molar-refractivity contribution in [1.29, 1.82) is 0 Å². The quantitative estimate of drug-likeness (QED) is 0.747. The molecule has 5 nitrogen and oxygen atoms in total. The van der Waals surface area contributed by atoms with Crippen molar-refractivity contribution in [2.45, 2.75) is 24.7 Å². The van der Waals surface area contributed by atoms with Gasteiger partial charge in [-0.25, -0.2) is 13.4 Å². The summed E-state index contributed by atoms with van der Waals surface area (Å²) in [5.41, 5.74) is 0. The van der Waals surface area contributed by atoms with E-state index in [-0.39, 0.29) is 23.2 Å². The lowest BCUT2D eigenvalue weighted by Crippen LogP contribution is -2.34. The monoisotopic (exact) mass is 370 g/mol. The number of sulfonamides is 1. The molecule has 0 amide bonds. The van der Waals surface area contributed by atoms with Gasteiger partial charge < -0.3 is 5.11 Å². The van der Waals surface area contributed by atoms with Crippen LogP contribution in [0, 0.1) is 0 Å². The van der Waals surface area contributed by atoms with E-state index in [9.17, 15) is 8.42 Å². The van der Waals surface area contributed by atoms with E-state index in [1.165, 1.54) is 16.6 Å². The molecule has 1 heterocycles. The zero-order chi connectivity index (χ0) is 14.5. The van der Waals surface area contributed by atoms with Crippen LogP contribution in [0.4, 0.5) is 0 Å². The predicted octanol–water partition coefficient (Wildman–Crippen LogP) is 2.28. The molecule has 1 aromatic heterocycles. The lowest BCUT2D eigenvalue weighted by molar-refractivity contribution is 0.252. The van der Waals surface area contributed by atoms with E-state index in [1.54, 1.807) is 0 Å². The normalized spacial score (nSPS) is 12.1. The van der Waals surface area contributed by atoms with Gasteiger partial charge in [0.05, 0.1) is 6.61 Å². The molecule has 0 bridgehead atoms. The second-order valence-electron chi connectivity index (χ2n) is 3.92. The van der Waals surface area contributed by atoms with Crippen LogP contribution in [-0.2, 0) is 10.0 Å². The smallest absolute Gasteiger partial charge is 0.246 e. The molecular weight excluding hydrogens is 356 g/mol. The summed E-state index contributed by atoms with van der Waals surface area (Å²) in [6.07, 6.45) is 3.02. The van der Waals surface area contributed by atoms with Crippen LogP contribution < -0.4 is 0 Å². The van der Waals surface area contributed by atoms with Crippen molar-refractivity contribution in [3.8, 4) is 0 Å². The third-order valence-corrected chi connectivity index (χ3v) is 5.26. The van der Waals surface area contributed by atoms with E-state index in [0.29, 0.717) is 11.0 Å². The summed E-state index contributed by atoms with van der Waals surface area (Å²) in [7, 11) is -3.74. The molecule has 0 fully saturated rings. The third-order valence-electron chi connectivity index (χ3n) is 2.50. The fourth-order valence-corrected chi connectivity index (χ4v) is 3.91. The highest BCUT2D eigenvalue weighted by Crippen LogP contribution is 2.25. The van der Waals surface area contributed by atoms with Gasteiger partial charge >= 0.3 is 0 Å². The molecule has 0 radical (unpaired) electrons. The van der Waals surface area contributed by atoms with E-state index in [4.69, 9.17) is 16.7 Å². The Morgan fingerprint density at radius 3 is 2.74 bits per heavy atom. The van der Waals surface area contributed by atoms with Gasteiger partial charge in [0, 0.05) is 23.8 Å². The number of aliphatic hydroxyl groups is 1. The molecule has 108 valence electrons. The fourth-order valence-electron chi connectivity index (χ4n) is 1.52. The number of aromatic nitrogens is 1. The molecule has 0 aromatic carbocycles. The Morgan fingerprint density at radius 2 is 2.16 bits per heavy atom. The van der Waals surface area contributed by atoms with Crippen LogP contribution in [0.5, 0.6) is 0 Å². The van der Waals surface area contributed by atoms with E-state index < -0.39 is 10.0 Å². The molecule has 0 aliphatic heterocycles. The van der Waals surface area contributed by atoms with Gasteiger partial charge in [0.2, 0.25) is 10.0 Å². The van der Waals surface area contributed by atoms with Gasteiger partial charge in [-0.3, -0.25) is 0 Å². The summed E-state index contributed by atoms with van der Waals surface area (Å²) in [6.45, 7) is 2.13. The van der Waals surface area contributed by atoms with Crippen LogP contribution in [0.1, 0.15) is 19.8 Å². The summed E-state index contributed by atoms with van der Waals surface area (Å²) in [4.78, 5) is 3.77. The van der Waals surface area contributed by atoms with E-state index in [1.807, 2.05) is 6.92 Å². The highest BCUT2D eigenvalue weighted by atomic mass is 79.9. The molecule has 19 heavy (non-hydrogen) atoms. The van der Waals surface area contributed by atoms with Gasteiger partial charge in [-0.15, -0.1) is 0 Å². The van der Waals surface area contributed by atoms with Gasteiger partial charge in [-0.05, 0) is 28.4 Å². The summed E-state index contributed by atoms with van der Waals surface area (Å²) in [5, 5.41) is 8.94. The maximum atomic E-state index is 12.5. The molecule has 0 spiro atoms. The maximum Gasteiger partial charge on any atom is 0.246 e. The van der Waals surface area contributed by atoms with Crippen LogP contribution in [0.25, 0.3) is 0 Å². The predicted molar refractivity (Wildman–Crippen MR) is 77.7 cm³/mol. The first-order valence-corrected chi connectivity index (χ1v) is 8.46. The Morgan fingerprint density at radius 1 is 1.47 bits per heavy atom. The zero-order valence-electron chi connectivity index (χ0n) is 10.5. The van der Waals surface area contributed by atoms with Crippen molar-refractivity contribution < 1.29 is 13.5 Å². The molecular formula is C11H16BrClN2O3S. The number of pyridine rings is 1. The molecule has 8 heteroatoms. The Balaban J connectivity index is 3.14. The maximum absolute atomic E-state index is 12.5. The molecule has 1 rings (SSSR count). The number of nitrogens with zero attached hydrogens (tertiary/aromatic N) is 2. The minimum Gasteiger partial charge on any atom is -0.395 e. The summed E-state index contributed by atoms with van der Waals surface area (Å²) >= 11 is 9.03. The summed E-state index contributed by atoms with van der Waals surface area (Å²) in [5.74, 6) is 0. The van der Waals surface area contributed by atoms with Crippen LogP contribution in [0.2, 0.25) is 5.15 Å². The van der Waals surface area contributed by atoms with E-state index in [0.717, 1.165) is 12.8 Å². The van der Waals surface area contributed by atoms with E-state index >= 15 is 0 Å². The van der Waals surface area contributed by atoms with Crippen LogP contribution >= 0.6 is 27.5 Å². The fraction of sp³-hybridized carbons (Fsp3) is 0.545. The molecule has 0 aliphatic rings. The van der Waals surface area contributed by atoms with Crippen molar-refractivity contribution in [3.63, 3.8) is 0 Å². The topological polar surface area (TPSA) is 70.5 Å². The average Bonchev–Trinajstić information content (AvgIpc) is 2.37. The highest BCUT2D eigenvalue weighted by molar-refractivity contribution is 9.10. The number of rotatable bonds is 7. The second kappa shape index (κ2) is 7.54. The molecule has 0 aliphatic carbocycles. The third kappa shape index (κ3) is 4.39. The number of hydrogen-bond acceptors (Lipinski definition) is 4. The minimum atomic E-state index is -3.74. The van der Waals surface area contributed by atoms with Gasteiger partial charge in [0.25, 0.3) is 0 Å². The van der Waals surface area contributed by atoms with Gasteiger partial charge in [-0.1, -0.05) is 24.9 Å². The Labute approximate surface area is 126 Å². The Bertz CT molecular complexity index is 525. The van der Waals surface area contributed by atoms with Crippen molar-refractivity contribution in [3.05, 3.63) is 21.9 Å². The van der Waals surface area contributed by atoms with Crippen LogP contribution in [0.15, 0.2) is 21.6 Å². The number of hydrogen-bond donors (Lipinski definition) is 1. The number of halogens is 2. The van der Waals surface area contributed by atoms with Crippen LogP contribution in [-0.4, -0.2) is 42.5 Å². The van der Waals surface area contributed by atoms with Crippen molar-refractivity contribution in [1.82, 2.24) is 9.29 Å². The van der Waals surface area contributed by atoms with Gasteiger partial charge in [0.1, 0.15) is 10.0 Å². The highest BCUT2D eigenvalue weighted by Gasteiger charge is 2.26. The summed E-state index contributed by atoms with van der Waals surface area (Å²) in [6, 6.07) is 1.42. The number of unbranched alkanes of at least 4 members (excludes halogenated alkanes) is 1. The SMILES string of the molecule is CCCCN(CCO)S(=O)(=O)c1cc(Br)cnc1Cl. The molecule has 1 aromatic rings. The Kier molecular flexibility index (Phi) is 6.68. The first-order valence-electron chi connectivity index (χ1n) is 5.85. The second-order valence-corrected chi connectivity index (χ2v) is 7.10. The zero-order valence-corrected chi connectivity index (χ0v) is 13.7. The van der Waals surface area contributed by atoms with Gasteiger partial charge in [0.15, 0.2) is 0 Å². The average molecular weight is 372 g/mol. The standard InChI is InChI=1S/C11H16BrClN2O3S/c1-2-3-4-15(5-6-16)19(17,18)10-7-9(12)8-14-11(10)13/h7-8,16H,2-6H2,1H3. The van der Waals surface area contributed by atoms with Crippen molar-refractivity contribution >= 4 is 37.6 Å². The Hall–Kier alpha value is -0.210. The molecule has 0 saturated heterocycles. The molecule has 0 atom stereocenters. The van der Waals surface area contributed by atoms with Crippen molar-refractivity contribution in [2.24, 2.45) is 0 Å². The minimum absolute atomic E-state index is 0.0468. The van der Waals surface area contributed by atoms with Crippen LogP contribution in [0.3, 0.4) is 0 Å². The lowest BCUT2D eigenvalue weighted by Gasteiger charge is -2.21. The van der Waals surface area contributed by atoms with Crippen molar-refractivity contribution in [2.75, 3.05) is 19.7 Å². The van der Waals surface area contributed by atoms with E-state index in [2.05, 4.69) is 20.9 Å². The summed E-state index contributed by atoms with van der Waals surface area (Å²) < 4.78 is 26.7.